The van der Waals surface area contributed by atoms with Crippen molar-refractivity contribution in [2.24, 2.45) is 0 Å². The van der Waals surface area contributed by atoms with Gasteiger partial charge in [-0.3, -0.25) is 9.51 Å². The first-order valence-corrected chi connectivity index (χ1v) is 7.37. The van der Waals surface area contributed by atoms with Crippen LogP contribution >= 0.6 is 11.6 Å². The molecule has 0 saturated heterocycles. The van der Waals surface area contributed by atoms with Crippen molar-refractivity contribution in [3.63, 3.8) is 0 Å². The highest BCUT2D eigenvalue weighted by Gasteiger charge is 2.18. The minimum absolute atomic E-state index is 0.0828. The fourth-order valence-corrected chi connectivity index (χ4v) is 2.18. The molecule has 0 aliphatic carbocycles. The van der Waals surface area contributed by atoms with Gasteiger partial charge in [0, 0.05) is 16.9 Å². The molecule has 0 aliphatic heterocycles. The number of rotatable bonds is 6. The van der Waals surface area contributed by atoms with Gasteiger partial charge < -0.3 is 15.2 Å². The quantitative estimate of drug-likeness (QED) is 0.625. The number of hydrogen-bond donors (Lipinski definition) is 3. The van der Waals surface area contributed by atoms with Crippen LogP contribution in [0.4, 0.5) is 11.5 Å². The van der Waals surface area contributed by atoms with E-state index in [1.807, 2.05) is 0 Å². The number of benzene rings is 1. The third-order valence-corrected chi connectivity index (χ3v) is 3.30. The smallest absolute Gasteiger partial charge is 0.439 e. The summed E-state index contributed by atoms with van der Waals surface area (Å²) in [6, 6.07) is 8.62. The van der Waals surface area contributed by atoms with Crippen LogP contribution in [0.5, 0.6) is 5.75 Å². The Bertz CT molecular complexity index is 876. The predicted molar refractivity (Wildman–Crippen MR) is 87.7 cm³/mol. The van der Waals surface area contributed by atoms with Crippen LogP contribution in [0.1, 0.15) is 0 Å². The Balaban J connectivity index is 2.03. The highest BCUT2D eigenvalue weighted by Crippen LogP contribution is 2.34. The van der Waals surface area contributed by atoms with Gasteiger partial charge in [-0.15, -0.1) is 0 Å². The summed E-state index contributed by atoms with van der Waals surface area (Å²) in [5, 5.41) is 16.4. The number of nitrogens with zero attached hydrogens (tertiary/aromatic N) is 2. The summed E-state index contributed by atoms with van der Waals surface area (Å²) >= 11 is 5.88. The summed E-state index contributed by atoms with van der Waals surface area (Å²) < 4.78 is 10.1. The number of ether oxygens (including phenoxy) is 1. The molecule has 2 aromatic heterocycles. The molecule has 124 valence electrons. The molecule has 0 saturated carbocycles. The molecule has 1 aromatic carbocycles. The molecule has 0 aliphatic rings. The number of H-pyrrole nitrogens is 1. The second-order valence-electron chi connectivity index (χ2n) is 4.68. The average molecular weight is 349 g/mol. The lowest BCUT2D eigenvalue weighted by molar-refractivity contribution is 0.202. The highest BCUT2D eigenvalue weighted by molar-refractivity contribution is 6.30. The number of pyridine rings is 1. The molecule has 0 fully saturated rings. The Morgan fingerprint density at radius 1 is 1.29 bits per heavy atom. The van der Waals surface area contributed by atoms with E-state index < -0.39 is 5.76 Å². The molecule has 2 heterocycles. The molecular weight excluding hydrogens is 336 g/mol. The standard InChI is InChI=1S/C15H13ClN4O4/c16-9-1-3-10(4-2-9)18-13-12(14-19-15(22)24-20-14)11(5-6-17-13)23-8-7-21/h1-6,21H,7-8H2,(H,17,18)(H,19,20,22). The fraction of sp³-hybridized carbons (Fsp3) is 0.133. The molecule has 0 atom stereocenters. The third-order valence-electron chi connectivity index (χ3n) is 3.05. The lowest BCUT2D eigenvalue weighted by Crippen LogP contribution is -2.06. The fourth-order valence-electron chi connectivity index (χ4n) is 2.05. The molecule has 8 nitrogen and oxygen atoms in total. The Morgan fingerprint density at radius 2 is 2.08 bits per heavy atom. The van der Waals surface area contributed by atoms with E-state index in [1.54, 1.807) is 30.3 Å². The first kappa shape index (κ1) is 16.0. The van der Waals surface area contributed by atoms with Gasteiger partial charge in [0.1, 0.15) is 23.7 Å². The van der Waals surface area contributed by atoms with Crippen LogP contribution in [0.2, 0.25) is 5.02 Å². The lowest BCUT2D eigenvalue weighted by Gasteiger charge is -2.13. The minimum Gasteiger partial charge on any atom is -0.490 e. The van der Waals surface area contributed by atoms with Crippen LogP contribution in [0, 0.1) is 0 Å². The topological polar surface area (TPSA) is 113 Å². The van der Waals surface area contributed by atoms with Crippen molar-refractivity contribution >= 4 is 23.1 Å². The molecular formula is C15H13ClN4O4. The van der Waals surface area contributed by atoms with E-state index in [2.05, 4.69) is 25.0 Å². The first-order valence-electron chi connectivity index (χ1n) is 6.99. The van der Waals surface area contributed by atoms with Crippen LogP contribution in [-0.4, -0.2) is 33.4 Å². The molecule has 9 heteroatoms. The van der Waals surface area contributed by atoms with Gasteiger partial charge in [-0.05, 0) is 30.3 Å². The largest absolute Gasteiger partial charge is 0.490 e. The normalized spacial score (nSPS) is 10.6. The van der Waals surface area contributed by atoms with Crippen LogP contribution in [-0.2, 0) is 0 Å². The summed E-state index contributed by atoms with van der Waals surface area (Å²) in [7, 11) is 0. The van der Waals surface area contributed by atoms with Crippen LogP contribution in [0.3, 0.4) is 0 Å². The first-order chi connectivity index (χ1) is 11.7. The molecule has 0 spiro atoms. The summed E-state index contributed by atoms with van der Waals surface area (Å²) in [4.78, 5) is 18.0. The van der Waals surface area contributed by atoms with E-state index in [1.165, 1.54) is 6.20 Å². The molecule has 0 amide bonds. The molecule has 3 N–H and O–H groups in total. The number of aliphatic hydroxyl groups excluding tert-OH is 1. The van der Waals surface area contributed by atoms with Crippen LogP contribution in [0.15, 0.2) is 45.8 Å². The Morgan fingerprint density at radius 3 is 2.75 bits per heavy atom. The van der Waals surface area contributed by atoms with Crippen molar-refractivity contribution in [2.75, 3.05) is 18.5 Å². The van der Waals surface area contributed by atoms with Crippen molar-refractivity contribution in [1.82, 2.24) is 15.1 Å². The molecule has 3 rings (SSSR count). The maximum absolute atomic E-state index is 11.3. The second kappa shape index (κ2) is 7.16. The number of nitrogens with one attached hydrogen (secondary N) is 2. The monoisotopic (exact) mass is 348 g/mol. The predicted octanol–water partition coefficient (Wildman–Crippen LogP) is 2.19. The molecule has 0 radical (unpaired) electrons. The SMILES string of the molecule is O=c1[nH]c(-c2c(OCCO)ccnc2Nc2ccc(Cl)cc2)no1. The minimum atomic E-state index is -0.695. The molecule has 24 heavy (non-hydrogen) atoms. The number of hydrogen-bond acceptors (Lipinski definition) is 7. The van der Waals surface area contributed by atoms with E-state index >= 15 is 0 Å². The van der Waals surface area contributed by atoms with Crippen molar-refractivity contribution < 1.29 is 14.4 Å². The molecule has 3 aromatic rings. The van der Waals surface area contributed by atoms with Gasteiger partial charge in [0.05, 0.1) is 6.61 Å². The van der Waals surface area contributed by atoms with Crippen molar-refractivity contribution in [3.05, 3.63) is 52.1 Å². The average Bonchev–Trinajstić information content (AvgIpc) is 3.01. The Kier molecular flexibility index (Phi) is 4.78. The van der Waals surface area contributed by atoms with Gasteiger partial charge >= 0.3 is 5.76 Å². The van der Waals surface area contributed by atoms with Gasteiger partial charge in [0.25, 0.3) is 0 Å². The number of aromatic amines is 1. The van der Waals surface area contributed by atoms with Gasteiger partial charge in [0.2, 0.25) is 0 Å². The van der Waals surface area contributed by atoms with Crippen molar-refractivity contribution in [3.8, 4) is 17.1 Å². The maximum Gasteiger partial charge on any atom is 0.439 e. The van der Waals surface area contributed by atoms with E-state index in [4.69, 9.17) is 21.4 Å². The number of aliphatic hydroxyl groups is 1. The number of anilines is 2. The third kappa shape index (κ3) is 3.55. The van der Waals surface area contributed by atoms with Gasteiger partial charge in [-0.25, -0.2) is 9.78 Å². The second-order valence-corrected chi connectivity index (χ2v) is 5.12. The summed E-state index contributed by atoms with van der Waals surface area (Å²) in [5.74, 6) is 0.259. The van der Waals surface area contributed by atoms with Crippen molar-refractivity contribution in [1.29, 1.82) is 0 Å². The van der Waals surface area contributed by atoms with Crippen molar-refractivity contribution in [2.45, 2.75) is 0 Å². The molecule has 0 bridgehead atoms. The van der Waals surface area contributed by atoms with Gasteiger partial charge in [0.15, 0.2) is 5.82 Å². The number of halogens is 1. The van der Waals surface area contributed by atoms with Gasteiger partial charge in [-0.1, -0.05) is 16.8 Å². The Hall–Kier alpha value is -2.84. The lowest BCUT2D eigenvalue weighted by atomic mass is 10.2. The van der Waals surface area contributed by atoms with E-state index in [0.717, 1.165) is 5.69 Å². The van der Waals surface area contributed by atoms with Crippen LogP contribution < -0.4 is 15.8 Å². The van der Waals surface area contributed by atoms with Gasteiger partial charge in [-0.2, -0.15) is 0 Å². The van der Waals surface area contributed by atoms with E-state index in [-0.39, 0.29) is 19.0 Å². The maximum atomic E-state index is 11.3. The zero-order valence-corrected chi connectivity index (χ0v) is 13.1. The zero-order valence-electron chi connectivity index (χ0n) is 12.3. The molecule has 0 unspecified atom stereocenters. The number of aromatic nitrogens is 3. The van der Waals surface area contributed by atoms with E-state index in [0.29, 0.717) is 22.2 Å². The van der Waals surface area contributed by atoms with Crippen LogP contribution in [0.25, 0.3) is 11.4 Å². The van der Waals surface area contributed by atoms with E-state index in [9.17, 15) is 4.79 Å². The summed E-state index contributed by atoms with van der Waals surface area (Å²) in [5.41, 5.74) is 1.14. The zero-order chi connectivity index (χ0) is 16.9. The summed E-state index contributed by atoms with van der Waals surface area (Å²) in [6.07, 6.45) is 1.53. The summed E-state index contributed by atoms with van der Waals surface area (Å²) in [6.45, 7) is -0.0729. The highest BCUT2D eigenvalue weighted by atomic mass is 35.5. The Labute approximate surface area is 141 Å².